The van der Waals surface area contributed by atoms with Gasteiger partial charge in [0.25, 0.3) is 5.91 Å². The zero-order valence-electron chi connectivity index (χ0n) is 21.0. The Morgan fingerprint density at radius 3 is 2.49 bits per heavy atom. The fourth-order valence-electron chi connectivity index (χ4n) is 5.50. The van der Waals surface area contributed by atoms with Crippen LogP contribution in [0.2, 0.25) is 5.02 Å². The van der Waals surface area contributed by atoms with E-state index < -0.39 is 0 Å². The van der Waals surface area contributed by atoms with Gasteiger partial charge in [0.2, 0.25) is 5.88 Å². The van der Waals surface area contributed by atoms with Crippen molar-refractivity contribution in [3.05, 3.63) is 52.0 Å². The minimum atomic E-state index is -0.223. The number of hydrogen-bond acceptors (Lipinski definition) is 5. The zero-order chi connectivity index (χ0) is 25.8. The lowest BCUT2D eigenvalue weighted by Crippen LogP contribution is -2.46. The Labute approximate surface area is 231 Å². The summed E-state index contributed by atoms with van der Waals surface area (Å²) in [4.78, 5) is 17.1. The SMILES string of the molecule is O=C(CCC1CCCCC1)N=Nc1c(O)n(CN2CCN(c3ccc(Cl)cc3)CC2)c2ccc(Br)cc12. The van der Waals surface area contributed by atoms with Gasteiger partial charge in [-0.1, -0.05) is 59.6 Å². The number of aromatic hydroxyl groups is 1. The van der Waals surface area contributed by atoms with E-state index in [1.807, 2.05) is 34.9 Å². The normalized spacial score (nSPS) is 17.7. The summed E-state index contributed by atoms with van der Waals surface area (Å²) >= 11 is 9.56. The van der Waals surface area contributed by atoms with E-state index in [-0.39, 0.29) is 11.8 Å². The molecule has 0 unspecified atom stereocenters. The van der Waals surface area contributed by atoms with Gasteiger partial charge in [-0.15, -0.1) is 10.2 Å². The lowest BCUT2D eigenvalue weighted by atomic mass is 9.86. The smallest absolute Gasteiger partial charge is 0.264 e. The average molecular weight is 587 g/mol. The van der Waals surface area contributed by atoms with E-state index in [0.29, 0.717) is 24.7 Å². The number of carbonyl (C=O) groups excluding carboxylic acids is 1. The second kappa shape index (κ2) is 12.0. The predicted octanol–water partition coefficient (Wildman–Crippen LogP) is 7.51. The summed E-state index contributed by atoms with van der Waals surface area (Å²) in [5.41, 5.74) is 2.38. The number of halogens is 2. The topological polar surface area (TPSA) is 73.4 Å². The molecule has 0 spiro atoms. The predicted molar refractivity (Wildman–Crippen MR) is 152 cm³/mol. The zero-order valence-corrected chi connectivity index (χ0v) is 23.3. The van der Waals surface area contributed by atoms with Gasteiger partial charge < -0.3 is 10.0 Å². The molecule has 1 saturated heterocycles. The third kappa shape index (κ3) is 6.36. The summed E-state index contributed by atoms with van der Waals surface area (Å²) in [6, 6.07) is 13.8. The van der Waals surface area contributed by atoms with E-state index >= 15 is 0 Å². The van der Waals surface area contributed by atoms with E-state index in [4.69, 9.17) is 11.6 Å². The van der Waals surface area contributed by atoms with Crippen molar-refractivity contribution in [1.29, 1.82) is 0 Å². The molecule has 0 atom stereocenters. The quantitative estimate of drug-likeness (QED) is 0.291. The first kappa shape index (κ1) is 26.2. The number of benzene rings is 2. The number of aromatic nitrogens is 1. The molecule has 1 amide bonds. The lowest BCUT2D eigenvalue weighted by molar-refractivity contribution is -0.118. The first-order valence-corrected chi connectivity index (χ1v) is 14.3. The summed E-state index contributed by atoms with van der Waals surface area (Å²) in [7, 11) is 0. The van der Waals surface area contributed by atoms with E-state index in [1.54, 1.807) is 0 Å². The molecule has 7 nitrogen and oxygen atoms in total. The van der Waals surface area contributed by atoms with Crippen molar-refractivity contribution in [1.82, 2.24) is 9.47 Å². The Morgan fingerprint density at radius 1 is 1.03 bits per heavy atom. The minimum Gasteiger partial charge on any atom is -0.493 e. The van der Waals surface area contributed by atoms with Gasteiger partial charge in [-0.2, -0.15) is 0 Å². The van der Waals surface area contributed by atoms with E-state index in [0.717, 1.165) is 53.0 Å². The number of carbonyl (C=O) groups is 1. The van der Waals surface area contributed by atoms with Crippen LogP contribution in [0.5, 0.6) is 5.88 Å². The van der Waals surface area contributed by atoms with Crippen LogP contribution in [0.3, 0.4) is 0 Å². The van der Waals surface area contributed by atoms with Gasteiger partial charge >= 0.3 is 0 Å². The number of azo groups is 1. The number of piperazine rings is 1. The molecule has 2 aromatic carbocycles. The summed E-state index contributed by atoms with van der Waals surface area (Å²) in [5.74, 6) is 0.440. The van der Waals surface area contributed by atoms with E-state index in [9.17, 15) is 9.90 Å². The van der Waals surface area contributed by atoms with Gasteiger partial charge in [-0.25, -0.2) is 0 Å². The summed E-state index contributed by atoms with van der Waals surface area (Å²) in [5, 5.41) is 20.9. The molecule has 1 aliphatic carbocycles. The second-order valence-electron chi connectivity index (χ2n) is 10.1. The van der Waals surface area contributed by atoms with Gasteiger partial charge in [0.05, 0.1) is 12.2 Å². The maximum absolute atomic E-state index is 12.5. The van der Waals surface area contributed by atoms with Crippen LogP contribution in [-0.2, 0) is 11.5 Å². The summed E-state index contributed by atoms with van der Waals surface area (Å²) in [6.07, 6.45) is 7.54. The number of nitrogens with zero attached hydrogens (tertiary/aromatic N) is 5. The van der Waals surface area contributed by atoms with Gasteiger partial charge in [0, 0.05) is 53.2 Å². The average Bonchev–Trinajstić information content (AvgIpc) is 3.17. The molecular weight excluding hydrogens is 554 g/mol. The van der Waals surface area contributed by atoms with Crippen molar-refractivity contribution in [3.63, 3.8) is 0 Å². The molecule has 2 fully saturated rings. The Hall–Kier alpha value is -2.42. The van der Waals surface area contributed by atoms with E-state index in [2.05, 4.69) is 48.1 Å². The number of amides is 1. The van der Waals surface area contributed by atoms with Gasteiger partial charge in [0.1, 0.15) is 0 Å². The first-order valence-electron chi connectivity index (χ1n) is 13.2. The number of anilines is 1. The van der Waals surface area contributed by atoms with Crippen molar-refractivity contribution >= 4 is 55.7 Å². The maximum atomic E-state index is 12.5. The molecule has 9 heteroatoms. The third-order valence-corrected chi connectivity index (χ3v) is 8.38. The van der Waals surface area contributed by atoms with Crippen LogP contribution in [0.15, 0.2) is 57.2 Å². The molecule has 0 radical (unpaired) electrons. The Morgan fingerprint density at radius 2 is 1.76 bits per heavy atom. The van der Waals surface area contributed by atoms with Crippen LogP contribution >= 0.6 is 27.5 Å². The molecule has 3 aromatic rings. The summed E-state index contributed by atoms with van der Waals surface area (Å²) in [6.45, 7) is 4.01. The molecule has 1 N–H and O–H groups in total. The van der Waals surface area contributed by atoms with Crippen molar-refractivity contribution in [2.24, 2.45) is 16.1 Å². The molecule has 196 valence electrons. The second-order valence-corrected chi connectivity index (χ2v) is 11.5. The van der Waals surface area contributed by atoms with Gasteiger partial charge in [-0.3, -0.25) is 14.3 Å². The number of rotatable bonds is 7. The molecule has 37 heavy (non-hydrogen) atoms. The van der Waals surface area contributed by atoms with Crippen molar-refractivity contribution in [2.45, 2.75) is 51.6 Å². The monoisotopic (exact) mass is 585 g/mol. The molecule has 2 heterocycles. The molecule has 2 aliphatic rings. The highest BCUT2D eigenvalue weighted by atomic mass is 79.9. The molecule has 1 aromatic heterocycles. The highest BCUT2D eigenvalue weighted by Crippen LogP contribution is 2.40. The first-order chi connectivity index (χ1) is 18.0. The van der Waals surface area contributed by atoms with Gasteiger partial charge in [-0.05, 0) is 54.8 Å². The molecule has 1 aliphatic heterocycles. The number of fused-ring (bicyclic) bond motifs is 1. The van der Waals surface area contributed by atoms with Gasteiger partial charge in [0.15, 0.2) is 5.69 Å². The molecule has 1 saturated carbocycles. The number of hydrogen-bond donors (Lipinski definition) is 1. The van der Waals surface area contributed by atoms with Crippen LogP contribution in [0, 0.1) is 5.92 Å². The van der Waals surface area contributed by atoms with Crippen LogP contribution in [0.4, 0.5) is 11.4 Å². The fraction of sp³-hybridized carbons (Fsp3) is 0.464. The highest BCUT2D eigenvalue weighted by molar-refractivity contribution is 9.10. The van der Waals surface area contributed by atoms with Crippen LogP contribution in [0.25, 0.3) is 10.9 Å². The largest absolute Gasteiger partial charge is 0.493 e. The van der Waals surface area contributed by atoms with Crippen molar-refractivity contribution in [3.8, 4) is 5.88 Å². The van der Waals surface area contributed by atoms with Crippen LogP contribution in [-0.4, -0.2) is 46.7 Å². The minimum absolute atomic E-state index is 0.0389. The standard InChI is InChI=1S/C28H33BrClN5O2/c29-21-7-12-25-24(18-21)27(32-31-26(36)13-6-20-4-2-1-3-5-20)28(37)35(25)19-33-14-16-34(17-15-33)23-10-8-22(30)9-11-23/h7-12,18,20,37H,1-6,13-17,19H2. The summed E-state index contributed by atoms with van der Waals surface area (Å²) < 4.78 is 2.74. The maximum Gasteiger partial charge on any atom is 0.264 e. The molecule has 5 rings (SSSR count). The third-order valence-electron chi connectivity index (χ3n) is 7.63. The lowest BCUT2D eigenvalue weighted by Gasteiger charge is -2.36. The molecule has 0 bridgehead atoms. The Balaban J connectivity index is 1.27. The molecular formula is C28H33BrClN5O2. The van der Waals surface area contributed by atoms with E-state index in [1.165, 1.54) is 37.8 Å². The Kier molecular flexibility index (Phi) is 8.47. The highest BCUT2D eigenvalue weighted by Gasteiger charge is 2.23. The fourth-order valence-corrected chi connectivity index (χ4v) is 5.98. The van der Waals surface area contributed by atoms with Crippen LogP contribution < -0.4 is 4.90 Å². The Bertz CT molecular complexity index is 1260. The van der Waals surface area contributed by atoms with Crippen molar-refractivity contribution in [2.75, 3.05) is 31.1 Å². The van der Waals surface area contributed by atoms with Crippen LogP contribution in [0.1, 0.15) is 44.9 Å². The van der Waals surface area contributed by atoms with Crippen molar-refractivity contribution < 1.29 is 9.90 Å².